The van der Waals surface area contributed by atoms with Crippen LogP contribution < -0.4 is 14.9 Å². The molecule has 0 spiro atoms. The maximum atomic E-state index is 11.1. The molecule has 1 N–H and O–H groups in total. The van der Waals surface area contributed by atoms with Gasteiger partial charge < -0.3 is 9.47 Å². The van der Waals surface area contributed by atoms with E-state index in [0.29, 0.717) is 5.56 Å². The van der Waals surface area contributed by atoms with Crippen LogP contribution in [0, 0.1) is 21.4 Å². The van der Waals surface area contributed by atoms with E-state index in [9.17, 15) is 14.9 Å². The van der Waals surface area contributed by atoms with Crippen LogP contribution >= 0.6 is 0 Å². The fraction of sp³-hybridized carbons (Fsp3) is 0.250. The van der Waals surface area contributed by atoms with Gasteiger partial charge in [0.25, 0.3) is 5.91 Å². The fourth-order valence-corrected chi connectivity index (χ4v) is 1.43. The van der Waals surface area contributed by atoms with Gasteiger partial charge in [-0.15, -0.1) is 0 Å². The topological polar surface area (TPSA) is 127 Å². The SMILES string of the molecule is COc1cc([N+](=O)[O-])c(OC)cc1/C=N\NC(=O)CC#N. The van der Waals surface area contributed by atoms with Gasteiger partial charge >= 0.3 is 5.69 Å². The average molecular weight is 292 g/mol. The number of methoxy groups -OCH3 is 2. The van der Waals surface area contributed by atoms with Crippen molar-refractivity contribution in [1.29, 1.82) is 5.26 Å². The third-order valence-corrected chi connectivity index (χ3v) is 2.36. The van der Waals surface area contributed by atoms with E-state index in [1.54, 1.807) is 6.07 Å². The maximum Gasteiger partial charge on any atom is 0.314 e. The van der Waals surface area contributed by atoms with Gasteiger partial charge in [-0.2, -0.15) is 10.4 Å². The van der Waals surface area contributed by atoms with E-state index in [-0.39, 0.29) is 23.6 Å². The van der Waals surface area contributed by atoms with E-state index >= 15 is 0 Å². The first kappa shape index (κ1) is 15.9. The normalized spacial score (nSPS) is 9.95. The number of hydrogen-bond donors (Lipinski definition) is 1. The molecule has 0 aliphatic rings. The summed E-state index contributed by atoms with van der Waals surface area (Å²) in [5.74, 6) is -0.340. The van der Waals surface area contributed by atoms with Crippen molar-refractivity contribution < 1.29 is 19.2 Å². The summed E-state index contributed by atoms with van der Waals surface area (Å²) in [6.07, 6.45) is 0.915. The molecule has 0 radical (unpaired) electrons. The van der Waals surface area contributed by atoms with Crippen LogP contribution in [0.15, 0.2) is 17.2 Å². The van der Waals surface area contributed by atoms with Gasteiger partial charge in [-0.3, -0.25) is 14.9 Å². The van der Waals surface area contributed by atoms with Gasteiger partial charge in [0.2, 0.25) is 0 Å². The lowest BCUT2D eigenvalue weighted by Gasteiger charge is -2.07. The summed E-state index contributed by atoms with van der Waals surface area (Å²) in [6, 6.07) is 4.22. The maximum absolute atomic E-state index is 11.1. The Balaban J connectivity index is 3.07. The van der Waals surface area contributed by atoms with E-state index < -0.39 is 10.8 Å². The second-order valence-electron chi connectivity index (χ2n) is 3.65. The summed E-state index contributed by atoms with van der Waals surface area (Å²) in [5, 5.41) is 22.8. The third-order valence-electron chi connectivity index (χ3n) is 2.36. The molecular formula is C12H12N4O5. The number of nitro groups is 1. The molecule has 0 aromatic heterocycles. The van der Waals surface area contributed by atoms with Crippen molar-refractivity contribution in [3.05, 3.63) is 27.8 Å². The zero-order valence-electron chi connectivity index (χ0n) is 11.3. The average Bonchev–Trinajstić information content (AvgIpc) is 2.46. The molecule has 9 heteroatoms. The minimum atomic E-state index is -0.600. The molecule has 21 heavy (non-hydrogen) atoms. The van der Waals surface area contributed by atoms with Crippen LogP contribution in [-0.2, 0) is 4.79 Å². The molecular weight excluding hydrogens is 280 g/mol. The lowest BCUT2D eigenvalue weighted by molar-refractivity contribution is -0.385. The van der Waals surface area contributed by atoms with Gasteiger partial charge in [-0.05, 0) is 6.07 Å². The van der Waals surface area contributed by atoms with Crippen molar-refractivity contribution in [2.45, 2.75) is 6.42 Å². The highest BCUT2D eigenvalue weighted by molar-refractivity contribution is 5.87. The summed E-state index contributed by atoms with van der Waals surface area (Å²) >= 11 is 0. The predicted molar refractivity (Wildman–Crippen MR) is 72.2 cm³/mol. The summed E-state index contributed by atoms with van der Waals surface area (Å²) in [6.45, 7) is 0. The van der Waals surface area contributed by atoms with E-state index in [2.05, 4.69) is 10.5 Å². The first-order valence-electron chi connectivity index (χ1n) is 5.62. The second kappa shape index (κ2) is 7.44. The summed E-state index contributed by atoms with van der Waals surface area (Å²) in [7, 11) is 2.64. The number of hydrogen-bond acceptors (Lipinski definition) is 7. The first-order chi connectivity index (χ1) is 10.0. The Kier molecular flexibility index (Phi) is 5.64. The summed E-state index contributed by atoms with van der Waals surface area (Å²) in [4.78, 5) is 21.3. The molecule has 9 nitrogen and oxygen atoms in total. The molecule has 0 saturated carbocycles. The molecule has 0 aliphatic heterocycles. The van der Waals surface area contributed by atoms with E-state index in [0.717, 1.165) is 0 Å². The zero-order chi connectivity index (χ0) is 15.8. The number of nitrogens with one attached hydrogen (secondary N) is 1. The number of nitriles is 1. The number of ether oxygens (including phenoxy) is 2. The lowest BCUT2D eigenvalue weighted by Crippen LogP contribution is -2.16. The van der Waals surface area contributed by atoms with Crippen LogP contribution in [0.25, 0.3) is 0 Å². The van der Waals surface area contributed by atoms with E-state index in [4.69, 9.17) is 14.7 Å². The summed E-state index contributed by atoms with van der Waals surface area (Å²) < 4.78 is 9.95. The number of benzene rings is 1. The summed E-state index contributed by atoms with van der Waals surface area (Å²) in [5.41, 5.74) is 2.26. The Labute approximate surface area is 119 Å². The molecule has 0 aliphatic carbocycles. The molecule has 0 bridgehead atoms. The Morgan fingerprint density at radius 1 is 1.48 bits per heavy atom. The molecule has 0 fully saturated rings. The number of amides is 1. The van der Waals surface area contributed by atoms with Gasteiger partial charge in [0.15, 0.2) is 5.75 Å². The first-order valence-corrected chi connectivity index (χ1v) is 5.62. The number of nitrogens with zero attached hydrogens (tertiary/aromatic N) is 3. The van der Waals surface area contributed by atoms with Crippen LogP contribution in [0.1, 0.15) is 12.0 Å². The smallest absolute Gasteiger partial charge is 0.314 e. The molecule has 1 aromatic rings. The largest absolute Gasteiger partial charge is 0.496 e. The third kappa shape index (κ3) is 4.17. The molecule has 0 unspecified atom stereocenters. The molecule has 0 atom stereocenters. The Morgan fingerprint density at radius 2 is 2.14 bits per heavy atom. The quantitative estimate of drug-likeness (QED) is 0.473. The predicted octanol–water partition coefficient (Wildman–Crippen LogP) is 0.976. The Bertz CT molecular complexity index is 621. The number of rotatable bonds is 6. The molecule has 110 valence electrons. The van der Waals surface area contributed by atoms with Crippen molar-refractivity contribution >= 4 is 17.8 Å². The van der Waals surface area contributed by atoms with Crippen molar-refractivity contribution in [1.82, 2.24) is 5.43 Å². The molecule has 1 aromatic carbocycles. The van der Waals surface area contributed by atoms with Gasteiger partial charge in [0.1, 0.15) is 12.2 Å². The van der Waals surface area contributed by atoms with Crippen LogP contribution in [-0.4, -0.2) is 31.3 Å². The number of hydrazone groups is 1. The van der Waals surface area contributed by atoms with Gasteiger partial charge in [0.05, 0.1) is 37.5 Å². The minimum absolute atomic E-state index is 0.0330. The number of carbonyl (C=O) groups excluding carboxylic acids is 1. The van der Waals surface area contributed by atoms with E-state index in [1.807, 2.05) is 0 Å². The zero-order valence-corrected chi connectivity index (χ0v) is 11.3. The lowest BCUT2D eigenvalue weighted by atomic mass is 10.2. The highest BCUT2D eigenvalue weighted by Gasteiger charge is 2.18. The number of nitro benzene ring substituents is 1. The van der Waals surface area contributed by atoms with Crippen LogP contribution in [0.4, 0.5) is 5.69 Å². The van der Waals surface area contributed by atoms with Crippen molar-refractivity contribution in [3.63, 3.8) is 0 Å². The van der Waals surface area contributed by atoms with E-state index in [1.165, 1.54) is 32.6 Å². The minimum Gasteiger partial charge on any atom is -0.496 e. The van der Waals surface area contributed by atoms with Crippen LogP contribution in [0.2, 0.25) is 0 Å². The van der Waals surface area contributed by atoms with Crippen LogP contribution in [0.3, 0.4) is 0 Å². The molecule has 1 rings (SSSR count). The fourth-order valence-electron chi connectivity index (χ4n) is 1.43. The van der Waals surface area contributed by atoms with Crippen LogP contribution in [0.5, 0.6) is 11.5 Å². The standard InChI is InChI=1S/C12H12N4O5/c1-20-10-6-9(16(18)19)11(21-2)5-8(10)7-14-15-12(17)3-4-13/h5-7H,3H2,1-2H3,(H,15,17)/b14-7-. The number of carbonyl (C=O) groups is 1. The van der Waals surface area contributed by atoms with Crippen molar-refractivity contribution in [2.75, 3.05) is 14.2 Å². The highest BCUT2D eigenvalue weighted by Crippen LogP contribution is 2.33. The Hall–Kier alpha value is -3.15. The van der Waals surface area contributed by atoms with Gasteiger partial charge in [-0.1, -0.05) is 0 Å². The monoisotopic (exact) mass is 292 g/mol. The second-order valence-corrected chi connectivity index (χ2v) is 3.65. The van der Waals surface area contributed by atoms with Crippen molar-refractivity contribution in [3.8, 4) is 17.6 Å². The van der Waals surface area contributed by atoms with Gasteiger partial charge in [0, 0.05) is 5.56 Å². The molecule has 1 amide bonds. The highest BCUT2D eigenvalue weighted by atomic mass is 16.6. The molecule has 0 saturated heterocycles. The Morgan fingerprint density at radius 3 is 2.67 bits per heavy atom. The van der Waals surface area contributed by atoms with Gasteiger partial charge in [-0.25, -0.2) is 5.43 Å². The van der Waals surface area contributed by atoms with Crippen molar-refractivity contribution in [2.24, 2.45) is 5.10 Å². The molecule has 0 heterocycles.